The van der Waals surface area contributed by atoms with Crippen LogP contribution in [0.4, 0.5) is 0 Å². The summed E-state index contributed by atoms with van der Waals surface area (Å²) in [6.45, 7) is 0. The average molecular weight is 280 g/mol. The number of hydrogen-bond donors (Lipinski definition) is 0. The van der Waals surface area contributed by atoms with Crippen molar-refractivity contribution in [1.29, 1.82) is 0 Å². The van der Waals surface area contributed by atoms with E-state index in [1.807, 2.05) is 12.1 Å². The van der Waals surface area contributed by atoms with Gasteiger partial charge in [0.2, 0.25) is 0 Å². The summed E-state index contributed by atoms with van der Waals surface area (Å²) in [5.74, 6) is 0.935. The molecule has 0 saturated heterocycles. The number of fused-ring (bicyclic) bond motifs is 3. The minimum Gasteiger partial charge on any atom is -0.464 e. The van der Waals surface area contributed by atoms with Crippen LogP contribution >= 0.6 is 10.0 Å². The topological polar surface area (TPSA) is 13.1 Å². The van der Waals surface area contributed by atoms with Crippen molar-refractivity contribution in [1.82, 2.24) is 0 Å². The summed E-state index contributed by atoms with van der Waals surface area (Å²) in [4.78, 5) is 2.97. The molecule has 0 atom stereocenters. The van der Waals surface area contributed by atoms with Crippen molar-refractivity contribution in [3.63, 3.8) is 0 Å². The van der Waals surface area contributed by atoms with Crippen molar-refractivity contribution >= 4 is 10.0 Å². The highest BCUT2D eigenvalue weighted by Crippen LogP contribution is 2.67. The van der Waals surface area contributed by atoms with Crippen LogP contribution in [0.5, 0.6) is 0 Å². The van der Waals surface area contributed by atoms with Gasteiger partial charge in [-0.2, -0.15) is 10.0 Å². The third-order valence-electron chi connectivity index (χ3n) is 4.06. The van der Waals surface area contributed by atoms with Gasteiger partial charge in [-0.3, -0.25) is 0 Å². The summed E-state index contributed by atoms with van der Waals surface area (Å²) in [6, 6.07) is 19.5. The van der Waals surface area contributed by atoms with E-state index < -0.39 is 10.0 Å². The molecule has 0 N–H and O–H groups in total. The molecule has 0 bridgehead atoms. The van der Waals surface area contributed by atoms with E-state index in [4.69, 9.17) is 4.42 Å². The Morgan fingerprint density at radius 3 is 2.40 bits per heavy atom. The molecule has 2 heterocycles. The molecule has 4 rings (SSSR count). The van der Waals surface area contributed by atoms with Gasteiger partial charge in [0.15, 0.2) is 0 Å². The fourth-order valence-electron chi connectivity index (χ4n) is 3.03. The predicted octanol–water partition coefficient (Wildman–Crippen LogP) is 5.41. The summed E-state index contributed by atoms with van der Waals surface area (Å²) >= 11 is 0. The summed E-state index contributed by atoms with van der Waals surface area (Å²) in [6.07, 6.45) is 6.49. The second-order valence-electron chi connectivity index (χ2n) is 5.51. The zero-order chi connectivity index (χ0) is 13.7. The molecule has 0 radical (unpaired) electrons. The van der Waals surface area contributed by atoms with Gasteiger partial charge in [0.1, 0.15) is 5.76 Å². The molecule has 2 aromatic carbocycles. The monoisotopic (exact) mass is 280 g/mol. The van der Waals surface area contributed by atoms with Gasteiger partial charge in [-0.25, -0.2) is 0 Å². The maximum Gasteiger partial charge on any atom is 0.133 e. The first kappa shape index (κ1) is 11.9. The molecule has 1 aliphatic heterocycles. The smallest absolute Gasteiger partial charge is 0.133 e. The SMILES string of the molecule is CS1(C)c2ccccc2-c2cc(-c3ccco3)ccc21. The van der Waals surface area contributed by atoms with E-state index in [2.05, 4.69) is 55.0 Å². The minimum atomic E-state index is -0.881. The first-order valence-electron chi connectivity index (χ1n) is 6.69. The van der Waals surface area contributed by atoms with Crippen LogP contribution in [-0.2, 0) is 0 Å². The molecule has 0 aliphatic carbocycles. The van der Waals surface area contributed by atoms with Crippen molar-refractivity contribution in [2.24, 2.45) is 0 Å². The third kappa shape index (κ3) is 1.52. The fourth-order valence-corrected chi connectivity index (χ4v) is 5.54. The Kier molecular flexibility index (Phi) is 2.39. The van der Waals surface area contributed by atoms with Gasteiger partial charge in [-0.1, -0.05) is 24.3 Å². The lowest BCUT2D eigenvalue weighted by Gasteiger charge is -2.28. The Bertz CT molecular complexity index is 785. The first-order chi connectivity index (χ1) is 9.68. The van der Waals surface area contributed by atoms with E-state index >= 15 is 0 Å². The molecular weight excluding hydrogens is 264 g/mol. The lowest BCUT2D eigenvalue weighted by molar-refractivity contribution is 0.582. The largest absolute Gasteiger partial charge is 0.464 e. The van der Waals surface area contributed by atoms with E-state index in [-0.39, 0.29) is 0 Å². The molecule has 0 saturated carbocycles. The van der Waals surface area contributed by atoms with Crippen LogP contribution in [0.1, 0.15) is 0 Å². The highest BCUT2D eigenvalue weighted by Gasteiger charge is 2.31. The standard InChI is InChI=1S/C18H16OS/c1-20(2)17-8-4-3-6-14(17)15-12-13(9-10-18(15)20)16-7-5-11-19-16/h3-12H,1-2H3. The highest BCUT2D eigenvalue weighted by atomic mass is 32.3. The van der Waals surface area contributed by atoms with Gasteiger partial charge in [0.05, 0.1) is 6.26 Å². The Balaban J connectivity index is 1.99. The van der Waals surface area contributed by atoms with Crippen molar-refractivity contribution < 1.29 is 4.42 Å². The minimum absolute atomic E-state index is 0.881. The molecule has 1 nitrogen and oxygen atoms in total. The zero-order valence-corrected chi connectivity index (χ0v) is 12.4. The number of furan rings is 1. The quantitative estimate of drug-likeness (QED) is 0.581. The van der Waals surface area contributed by atoms with Gasteiger partial charge in [-0.05, 0) is 54.0 Å². The van der Waals surface area contributed by atoms with Crippen molar-refractivity contribution in [3.05, 3.63) is 60.9 Å². The first-order valence-corrected chi connectivity index (χ1v) is 9.13. The maximum absolute atomic E-state index is 5.53. The second-order valence-corrected chi connectivity index (χ2v) is 9.04. The zero-order valence-electron chi connectivity index (χ0n) is 11.6. The predicted molar refractivity (Wildman–Crippen MR) is 85.6 cm³/mol. The molecule has 0 unspecified atom stereocenters. The van der Waals surface area contributed by atoms with Crippen molar-refractivity contribution in [3.8, 4) is 22.5 Å². The van der Waals surface area contributed by atoms with Crippen LogP contribution in [-0.4, -0.2) is 12.5 Å². The number of hydrogen-bond acceptors (Lipinski definition) is 1. The van der Waals surface area contributed by atoms with E-state index in [9.17, 15) is 0 Å². The van der Waals surface area contributed by atoms with Gasteiger partial charge < -0.3 is 4.42 Å². The highest BCUT2D eigenvalue weighted by molar-refractivity contribution is 8.33. The normalized spacial score (nSPS) is 16.5. The second kappa shape index (κ2) is 4.03. The molecule has 1 aliphatic rings. The Hall–Kier alpha value is -1.93. The molecule has 0 fully saturated rings. The number of rotatable bonds is 1. The third-order valence-corrected chi connectivity index (χ3v) is 6.97. The number of benzene rings is 2. The fraction of sp³-hybridized carbons (Fsp3) is 0.111. The Morgan fingerprint density at radius 2 is 1.60 bits per heavy atom. The van der Waals surface area contributed by atoms with Gasteiger partial charge >= 0.3 is 0 Å². The van der Waals surface area contributed by atoms with E-state index in [1.54, 1.807) is 6.26 Å². The molecular formula is C18H16OS. The van der Waals surface area contributed by atoms with Crippen molar-refractivity contribution in [2.75, 3.05) is 12.5 Å². The lowest BCUT2D eigenvalue weighted by atomic mass is 10.0. The Labute approximate surface area is 120 Å². The van der Waals surface area contributed by atoms with E-state index in [1.165, 1.54) is 20.9 Å². The van der Waals surface area contributed by atoms with Crippen LogP contribution < -0.4 is 0 Å². The van der Waals surface area contributed by atoms with Crippen molar-refractivity contribution in [2.45, 2.75) is 9.79 Å². The van der Waals surface area contributed by atoms with Crippen LogP contribution in [0.2, 0.25) is 0 Å². The van der Waals surface area contributed by atoms with Crippen LogP contribution in [0, 0.1) is 0 Å². The molecule has 3 aromatic rings. The molecule has 0 spiro atoms. The van der Waals surface area contributed by atoms with Gasteiger partial charge in [0.25, 0.3) is 0 Å². The molecule has 20 heavy (non-hydrogen) atoms. The van der Waals surface area contributed by atoms with Crippen LogP contribution in [0.15, 0.2) is 75.1 Å². The maximum atomic E-state index is 5.53. The summed E-state index contributed by atoms with van der Waals surface area (Å²) in [7, 11) is -0.881. The summed E-state index contributed by atoms with van der Waals surface area (Å²) in [5, 5.41) is 0. The average Bonchev–Trinajstić information content (AvgIpc) is 3.07. The molecule has 1 aromatic heterocycles. The molecule has 100 valence electrons. The molecule has 0 amide bonds. The van der Waals surface area contributed by atoms with E-state index in [0.717, 1.165) is 11.3 Å². The summed E-state index contributed by atoms with van der Waals surface area (Å²) < 4.78 is 5.53. The lowest BCUT2D eigenvalue weighted by Crippen LogP contribution is -1.92. The van der Waals surface area contributed by atoms with Crippen LogP contribution in [0.25, 0.3) is 22.5 Å². The van der Waals surface area contributed by atoms with Gasteiger partial charge in [0, 0.05) is 15.4 Å². The molecule has 2 heteroatoms. The van der Waals surface area contributed by atoms with E-state index in [0.29, 0.717) is 0 Å². The van der Waals surface area contributed by atoms with Gasteiger partial charge in [-0.15, -0.1) is 0 Å². The summed E-state index contributed by atoms with van der Waals surface area (Å²) in [5.41, 5.74) is 3.91. The Morgan fingerprint density at radius 1 is 0.800 bits per heavy atom. The van der Waals surface area contributed by atoms with Crippen LogP contribution in [0.3, 0.4) is 0 Å².